The van der Waals surface area contributed by atoms with Crippen LogP contribution in [0, 0.1) is 0 Å². The summed E-state index contributed by atoms with van der Waals surface area (Å²) >= 11 is 0. The Morgan fingerprint density at radius 3 is 2.36 bits per heavy atom. The van der Waals surface area contributed by atoms with Gasteiger partial charge in [0.1, 0.15) is 5.75 Å². The van der Waals surface area contributed by atoms with Crippen molar-refractivity contribution in [2.45, 2.75) is 12.1 Å². The van der Waals surface area contributed by atoms with Gasteiger partial charge in [0.05, 0.1) is 30.5 Å². The van der Waals surface area contributed by atoms with E-state index in [-0.39, 0.29) is 18.1 Å². The van der Waals surface area contributed by atoms with Gasteiger partial charge >= 0.3 is 5.97 Å². The normalized spacial score (nSPS) is 19.5. The van der Waals surface area contributed by atoms with Crippen LogP contribution in [0.2, 0.25) is 0 Å². The minimum atomic E-state index is -0.308. The predicted molar refractivity (Wildman–Crippen MR) is 107 cm³/mol. The number of methoxy groups -OCH3 is 1. The van der Waals surface area contributed by atoms with Crippen LogP contribution in [0.25, 0.3) is 0 Å². The van der Waals surface area contributed by atoms with Crippen LogP contribution in [-0.4, -0.2) is 13.1 Å². The molecule has 0 bridgehead atoms. The van der Waals surface area contributed by atoms with Crippen LogP contribution >= 0.6 is 0 Å². The first-order valence-corrected chi connectivity index (χ1v) is 9.27. The zero-order valence-electron chi connectivity index (χ0n) is 15.4. The van der Waals surface area contributed by atoms with Gasteiger partial charge in [0.15, 0.2) is 5.75 Å². The molecule has 28 heavy (non-hydrogen) atoms. The highest BCUT2D eigenvalue weighted by molar-refractivity contribution is 5.93. The minimum Gasteiger partial charge on any atom is -0.466 e. The van der Waals surface area contributed by atoms with Crippen LogP contribution < -0.4 is 9.64 Å². The van der Waals surface area contributed by atoms with E-state index in [4.69, 9.17) is 9.47 Å². The van der Waals surface area contributed by atoms with Crippen LogP contribution in [0.4, 0.5) is 5.69 Å². The van der Waals surface area contributed by atoms with Gasteiger partial charge in [0.2, 0.25) is 0 Å². The van der Waals surface area contributed by atoms with Crippen LogP contribution in [-0.2, 0) is 9.53 Å². The number of benzene rings is 3. The fraction of sp³-hybridized carbons (Fsp3) is 0.125. The van der Waals surface area contributed by atoms with E-state index in [1.807, 2.05) is 78.9 Å². The third kappa shape index (κ3) is 2.49. The summed E-state index contributed by atoms with van der Waals surface area (Å²) in [6.07, 6.45) is 2.01. The van der Waals surface area contributed by atoms with Crippen molar-refractivity contribution in [2.75, 3.05) is 12.0 Å². The maximum absolute atomic E-state index is 12.7. The van der Waals surface area contributed by atoms with Gasteiger partial charge in [0.25, 0.3) is 0 Å². The molecule has 2 aliphatic rings. The average molecular weight is 369 g/mol. The molecule has 2 aliphatic heterocycles. The average Bonchev–Trinajstić information content (AvgIpc) is 3.08. The second kappa shape index (κ2) is 6.57. The van der Waals surface area contributed by atoms with E-state index < -0.39 is 0 Å². The van der Waals surface area contributed by atoms with Gasteiger partial charge < -0.3 is 14.4 Å². The number of hydrogen-bond donors (Lipinski definition) is 0. The lowest BCUT2D eigenvalue weighted by Gasteiger charge is -2.33. The van der Waals surface area contributed by atoms with E-state index >= 15 is 0 Å². The van der Waals surface area contributed by atoms with Crippen molar-refractivity contribution in [1.82, 2.24) is 0 Å². The van der Waals surface area contributed by atoms with E-state index in [0.717, 1.165) is 28.3 Å². The Balaban J connectivity index is 1.78. The summed E-state index contributed by atoms with van der Waals surface area (Å²) in [6, 6.07) is 25.6. The second-order valence-corrected chi connectivity index (χ2v) is 6.89. The Kier molecular flexibility index (Phi) is 3.90. The first-order valence-electron chi connectivity index (χ1n) is 9.27. The van der Waals surface area contributed by atoms with Gasteiger partial charge in [-0.25, -0.2) is 4.79 Å². The Bertz CT molecular complexity index is 1070. The molecule has 3 aromatic rings. The molecule has 0 radical (unpaired) electrons. The third-order valence-corrected chi connectivity index (χ3v) is 5.35. The highest BCUT2D eigenvalue weighted by atomic mass is 16.5. The third-order valence-electron chi connectivity index (χ3n) is 5.35. The molecule has 0 fully saturated rings. The number of ether oxygens (including phenoxy) is 2. The van der Waals surface area contributed by atoms with Gasteiger partial charge in [-0.3, -0.25) is 0 Å². The van der Waals surface area contributed by atoms with Crippen LogP contribution in [0.5, 0.6) is 11.5 Å². The number of carbonyl (C=O) groups is 1. The quantitative estimate of drug-likeness (QED) is 0.583. The number of hydrogen-bond acceptors (Lipinski definition) is 4. The zero-order chi connectivity index (χ0) is 19.1. The van der Waals surface area contributed by atoms with Crippen LogP contribution in [0.1, 0.15) is 23.2 Å². The molecule has 0 saturated heterocycles. The Labute approximate surface area is 163 Å². The topological polar surface area (TPSA) is 38.8 Å². The van der Waals surface area contributed by atoms with Crippen molar-refractivity contribution in [3.8, 4) is 11.5 Å². The van der Waals surface area contributed by atoms with E-state index in [0.29, 0.717) is 5.57 Å². The molecule has 3 aromatic carbocycles. The van der Waals surface area contributed by atoms with Crippen LogP contribution in [0.15, 0.2) is 90.5 Å². The summed E-state index contributed by atoms with van der Waals surface area (Å²) < 4.78 is 11.4. The van der Waals surface area contributed by atoms with Gasteiger partial charge in [-0.1, -0.05) is 60.7 Å². The molecule has 0 spiro atoms. The molecule has 2 atom stereocenters. The number of fused-ring (bicyclic) bond motifs is 5. The summed E-state index contributed by atoms with van der Waals surface area (Å²) in [5.41, 5.74) is 3.66. The van der Waals surface area contributed by atoms with Crippen molar-refractivity contribution in [3.63, 3.8) is 0 Å². The van der Waals surface area contributed by atoms with Crippen LogP contribution in [0.3, 0.4) is 0 Å². The maximum Gasteiger partial charge on any atom is 0.335 e. The molecule has 0 amide bonds. The number of para-hydroxylation sites is 3. The molecule has 2 heterocycles. The van der Waals surface area contributed by atoms with Gasteiger partial charge in [-0.2, -0.15) is 0 Å². The summed E-state index contributed by atoms with van der Waals surface area (Å²) in [5, 5.41) is 0. The molecule has 4 nitrogen and oxygen atoms in total. The van der Waals surface area contributed by atoms with Crippen molar-refractivity contribution in [3.05, 3.63) is 102 Å². The number of esters is 1. The van der Waals surface area contributed by atoms with Crippen molar-refractivity contribution < 1.29 is 14.3 Å². The molecule has 0 aromatic heterocycles. The minimum absolute atomic E-state index is 0.126. The molecule has 138 valence electrons. The first-order chi connectivity index (χ1) is 13.8. The molecule has 0 unspecified atom stereocenters. The van der Waals surface area contributed by atoms with Gasteiger partial charge in [-0.15, -0.1) is 0 Å². The summed E-state index contributed by atoms with van der Waals surface area (Å²) in [7, 11) is 1.43. The Morgan fingerprint density at radius 2 is 1.57 bits per heavy atom. The molecule has 0 aliphatic carbocycles. The summed E-state index contributed by atoms with van der Waals surface area (Å²) in [5.74, 6) is 1.27. The number of anilines is 1. The first kappa shape index (κ1) is 16.6. The lowest BCUT2D eigenvalue weighted by molar-refractivity contribution is -0.136. The van der Waals surface area contributed by atoms with Crippen molar-refractivity contribution >= 4 is 11.7 Å². The highest BCUT2D eigenvalue weighted by Gasteiger charge is 2.43. The Hall–Kier alpha value is -3.53. The molecule has 5 rings (SSSR count). The molecule has 4 heteroatoms. The van der Waals surface area contributed by atoms with Crippen molar-refractivity contribution in [1.29, 1.82) is 0 Å². The predicted octanol–water partition coefficient (Wildman–Crippen LogP) is 5.19. The molecule has 0 saturated carbocycles. The van der Waals surface area contributed by atoms with Crippen molar-refractivity contribution in [2.24, 2.45) is 0 Å². The smallest absolute Gasteiger partial charge is 0.335 e. The molecular weight excluding hydrogens is 350 g/mol. The highest BCUT2D eigenvalue weighted by Crippen LogP contribution is 2.53. The monoisotopic (exact) mass is 369 g/mol. The largest absolute Gasteiger partial charge is 0.466 e. The maximum atomic E-state index is 12.7. The lowest BCUT2D eigenvalue weighted by Crippen LogP contribution is -2.29. The second-order valence-electron chi connectivity index (χ2n) is 6.89. The van der Waals surface area contributed by atoms with E-state index in [9.17, 15) is 4.79 Å². The molecular formula is C24H19NO3. The standard InChI is InChI=1S/C24H19NO3/c1-27-24(26)18-15-20-17-11-5-7-13-21(17)28-22-14-8-6-12-19(22)25(20)23(18)16-9-3-2-4-10-16/h2-15,20,23H,1H3/t20-,23-/m1/s1. The summed E-state index contributed by atoms with van der Waals surface area (Å²) in [6.45, 7) is 0. The fourth-order valence-electron chi connectivity index (χ4n) is 4.15. The van der Waals surface area contributed by atoms with E-state index in [1.165, 1.54) is 7.11 Å². The lowest BCUT2D eigenvalue weighted by atomic mass is 9.99. The van der Waals surface area contributed by atoms with E-state index in [2.05, 4.69) is 11.0 Å². The Morgan fingerprint density at radius 1 is 0.893 bits per heavy atom. The SMILES string of the molecule is COC(=O)C1=C[C@@H]2c3ccccc3Oc3ccccc3N2[C@@H]1c1ccccc1. The number of carbonyl (C=O) groups excluding carboxylic acids is 1. The van der Waals surface area contributed by atoms with Gasteiger partial charge in [-0.05, 0) is 29.8 Å². The number of rotatable bonds is 2. The number of nitrogens with zero attached hydrogens (tertiary/aromatic N) is 1. The van der Waals surface area contributed by atoms with E-state index in [1.54, 1.807) is 0 Å². The molecule has 0 N–H and O–H groups in total. The fourth-order valence-corrected chi connectivity index (χ4v) is 4.15. The zero-order valence-corrected chi connectivity index (χ0v) is 15.4. The summed E-state index contributed by atoms with van der Waals surface area (Å²) in [4.78, 5) is 15.0. The van der Waals surface area contributed by atoms with Gasteiger partial charge in [0, 0.05) is 5.56 Å².